The number of fused-ring (bicyclic) bond motifs is 3. The number of methoxy groups -OCH3 is 1. The maximum atomic E-state index is 13.8. The van der Waals surface area contributed by atoms with Gasteiger partial charge in [-0.1, -0.05) is 20.8 Å². The average molecular weight is 461 g/mol. The highest BCUT2D eigenvalue weighted by atomic mass is 16.6. The lowest BCUT2D eigenvalue weighted by Gasteiger charge is -2.57. The van der Waals surface area contributed by atoms with Crippen LogP contribution in [0.2, 0.25) is 0 Å². The number of hydrogen-bond donors (Lipinski definition) is 1. The third-order valence-corrected chi connectivity index (χ3v) is 7.35. The number of Topliss-reactive ketones (excluding diaryl/α,β-unsaturated/α-hetero) is 1. The molecule has 180 valence electrons. The van der Waals surface area contributed by atoms with Gasteiger partial charge in [0.25, 0.3) is 0 Å². The number of phenols is 1. The maximum absolute atomic E-state index is 13.8. The van der Waals surface area contributed by atoms with Crippen molar-refractivity contribution in [2.75, 3.05) is 7.11 Å². The number of benzene rings is 1. The molecular formula is C25H32O8. The first-order valence-electron chi connectivity index (χ1n) is 11.1. The summed E-state index contributed by atoms with van der Waals surface area (Å²) in [5, 5.41) is 11.2. The van der Waals surface area contributed by atoms with E-state index in [0.717, 1.165) is 5.56 Å². The lowest BCUT2D eigenvalue weighted by molar-refractivity contribution is -0.187. The number of ketones is 1. The Kier molecular flexibility index (Phi) is 6.35. The molecule has 0 unspecified atom stereocenters. The summed E-state index contributed by atoms with van der Waals surface area (Å²) in [4.78, 5) is 50.9. The molecule has 33 heavy (non-hydrogen) atoms. The first kappa shape index (κ1) is 24.7. The topological polar surface area (TPSA) is 116 Å². The van der Waals surface area contributed by atoms with E-state index in [4.69, 9.17) is 14.2 Å². The summed E-state index contributed by atoms with van der Waals surface area (Å²) in [6.45, 7) is 9.76. The van der Waals surface area contributed by atoms with E-state index in [2.05, 4.69) is 0 Å². The van der Waals surface area contributed by atoms with E-state index in [0.29, 0.717) is 12.0 Å². The van der Waals surface area contributed by atoms with Crippen LogP contribution in [-0.4, -0.2) is 48.1 Å². The third kappa shape index (κ3) is 3.79. The number of ether oxygens (including phenoxy) is 3. The van der Waals surface area contributed by atoms with Crippen LogP contribution in [0, 0.1) is 11.3 Å². The van der Waals surface area contributed by atoms with Crippen molar-refractivity contribution in [3.8, 4) is 5.75 Å². The predicted octanol–water partition coefficient (Wildman–Crippen LogP) is 3.42. The molecule has 1 saturated carbocycles. The van der Waals surface area contributed by atoms with E-state index in [1.54, 1.807) is 26.0 Å². The van der Waals surface area contributed by atoms with Gasteiger partial charge in [-0.05, 0) is 43.4 Å². The second-order valence-corrected chi connectivity index (χ2v) is 9.82. The molecule has 0 aliphatic heterocycles. The third-order valence-electron chi connectivity index (χ3n) is 7.35. The van der Waals surface area contributed by atoms with Crippen LogP contribution in [0.15, 0.2) is 12.1 Å². The zero-order valence-electron chi connectivity index (χ0n) is 20.2. The van der Waals surface area contributed by atoms with Gasteiger partial charge < -0.3 is 19.3 Å². The Labute approximate surface area is 193 Å². The summed E-state index contributed by atoms with van der Waals surface area (Å²) >= 11 is 0. The second-order valence-electron chi connectivity index (χ2n) is 9.82. The molecule has 1 N–H and O–H groups in total. The summed E-state index contributed by atoms with van der Waals surface area (Å²) in [6.07, 6.45) is -1.55. The molecule has 1 aromatic carbocycles. The van der Waals surface area contributed by atoms with Gasteiger partial charge in [-0.15, -0.1) is 0 Å². The van der Waals surface area contributed by atoms with Crippen LogP contribution in [-0.2, 0) is 34.0 Å². The smallest absolute Gasteiger partial charge is 0.311 e. The molecule has 0 aromatic heterocycles. The highest BCUT2D eigenvalue weighted by Crippen LogP contribution is 2.60. The average Bonchev–Trinajstić information content (AvgIpc) is 2.72. The number of rotatable bonds is 4. The van der Waals surface area contributed by atoms with Gasteiger partial charge in [-0.3, -0.25) is 19.2 Å². The minimum atomic E-state index is -1.32. The molecule has 3 rings (SSSR count). The van der Waals surface area contributed by atoms with Gasteiger partial charge in [0.15, 0.2) is 6.10 Å². The van der Waals surface area contributed by atoms with Crippen molar-refractivity contribution in [1.29, 1.82) is 0 Å². The molecular weight excluding hydrogens is 428 g/mol. The van der Waals surface area contributed by atoms with Gasteiger partial charge in [0, 0.05) is 36.3 Å². The van der Waals surface area contributed by atoms with Crippen LogP contribution >= 0.6 is 0 Å². The van der Waals surface area contributed by atoms with Crippen molar-refractivity contribution in [1.82, 2.24) is 0 Å². The van der Waals surface area contributed by atoms with Gasteiger partial charge in [-0.25, -0.2) is 0 Å². The first-order valence-corrected chi connectivity index (χ1v) is 11.1. The molecule has 0 amide bonds. The molecule has 8 nitrogen and oxygen atoms in total. The Bertz CT molecular complexity index is 1010. The maximum Gasteiger partial charge on any atom is 0.311 e. The molecule has 5 atom stereocenters. The number of carbonyl (C=O) groups excluding carboxylic acids is 4. The van der Waals surface area contributed by atoms with Gasteiger partial charge >= 0.3 is 17.9 Å². The number of aromatic hydroxyl groups is 1. The van der Waals surface area contributed by atoms with E-state index in [1.165, 1.54) is 21.0 Å². The Hall–Kier alpha value is -2.90. The molecule has 0 spiro atoms. The van der Waals surface area contributed by atoms with Crippen LogP contribution < -0.4 is 0 Å². The van der Waals surface area contributed by atoms with Crippen molar-refractivity contribution in [3.05, 3.63) is 28.8 Å². The van der Waals surface area contributed by atoms with Gasteiger partial charge in [0.1, 0.15) is 11.9 Å². The van der Waals surface area contributed by atoms with Crippen LogP contribution in [0.1, 0.15) is 81.8 Å². The molecule has 0 heterocycles. The summed E-state index contributed by atoms with van der Waals surface area (Å²) in [6, 6.07) is 3.29. The van der Waals surface area contributed by atoms with E-state index >= 15 is 0 Å². The van der Waals surface area contributed by atoms with E-state index in [9.17, 15) is 24.3 Å². The van der Waals surface area contributed by atoms with Gasteiger partial charge in [0.2, 0.25) is 5.78 Å². The minimum Gasteiger partial charge on any atom is -0.508 e. The molecule has 1 aromatic rings. The van der Waals surface area contributed by atoms with E-state index in [1.807, 2.05) is 13.8 Å². The predicted molar refractivity (Wildman–Crippen MR) is 118 cm³/mol. The minimum absolute atomic E-state index is 0.0164. The van der Waals surface area contributed by atoms with Gasteiger partial charge in [-0.2, -0.15) is 0 Å². The quantitative estimate of drug-likeness (QED) is 0.537. The summed E-state index contributed by atoms with van der Waals surface area (Å²) in [5.41, 5.74) is -1.22. The normalized spacial score (nSPS) is 30.8. The zero-order chi connectivity index (χ0) is 24.9. The van der Waals surface area contributed by atoms with E-state index < -0.39 is 52.6 Å². The van der Waals surface area contributed by atoms with Crippen molar-refractivity contribution >= 4 is 23.7 Å². The Morgan fingerprint density at radius 2 is 1.70 bits per heavy atom. The summed E-state index contributed by atoms with van der Waals surface area (Å²) in [5.74, 6) is -3.30. The van der Waals surface area contributed by atoms with E-state index in [-0.39, 0.29) is 23.7 Å². The monoisotopic (exact) mass is 460 g/mol. The fourth-order valence-corrected chi connectivity index (χ4v) is 5.90. The Morgan fingerprint density at radius 1 is 1.09 bits per heavy atom. The molecule has 2 aliphatic carbocycles. The number of esters is 3. The van der Waals surface area contributed by atoms with Crippen LogP contribution in [0.3, 0.4) is 0 Å². The van der Waals surface area contributed by atoms with Crippen LogP contribution in [0.25, 0.3) is 0 Å². The zero-order valence-corrected chi connectivity index (χ0v) is 20.2. The first-order chi connectivity index (χ1) is 15.3. The summed E-state index contributed by atoms with van der Waals surface area (Å²) < 4.78 is 16.4. The molecule has 0 radical (unpaired) electrons. The Balaban J connectivity index is 2.41. The number of carbonyl (C=O) groups is 4. The SMILES string of the molecule is COC(=O)[C@]1(C)CC[C@H](OC(C)=O)[C@]2(C)c3c(O)cc(C(C)C)cc3C(=O)[C@@H](OC(C)=O)[C@@H]21. The standard InChI is InChI=1S/C25H32O8/c1-12(2)15-10-16-19(17(28)11-15)25(6)18(32-13(3)26)8-9-24(5,23(30)31-7)22(25)21(20(16)29)33-14(4)27/h10-12,18,21-22,28H,8-9H2,1-7H3/t18-,21+,22+,24+,25+/m0/s1. The lowest BCUT2D eigenvalue weighted by Crippen LogP contribution is -2.66. The highest BCUT2D eigenvalue weighted by molar-refractivity contribution is 6.05. The fourth-order valence-electron chi connectivity index (χ4n) is 5.90. The van der Waals surface area contributed by atoms with Crippen LogP contribution in [0.5, 0.6) is 5.75 Å². The van der Waals surface area contributed by atoms with Crippen molar-refractivity contribution in [2.45, 2.75) is 77.9 Å². The van der Waals surface area contributed by atoms with Gasteiger partial charge in [0.05, 0.1) is 12.5 Å². The fraction of sp³-hybridized carbons (Fsp3) is 0.600. The van der Waals surface area contributed by atoms with Crippen molar-refractivity contribution in [3.63, 3.8) is 0 Å². The molecule has 0 bridgehead atoms. The molecule has 2 aliphatic rings. The van der Waals surface area contributed by atoms with Crippen LogP contribution in [0.4, 0.5) is 0 Å². The highest BCUT2D eigenvalue weighted by Gasteiger charge is 2.67. The molecule has 8 heteroatoms. The lowest BCUT2D eigenvalue weighted by atomic mass is 9.47. The largest absolute Gasteiger partial charge is 0.508 e. The van der Waals surface area contributed by atoms with Crippen molar-refractivity contribution in [2.24, 2.45) is 11.3 Å². The summed E-state index contributed by atoms with van der Waals surface area (Å²) in [7, 11) is 1.26. The number of hydrogen-bond acceptors (Lipinski definition) is 8. The molecule has 0 saturated heterocycles. The number of phenolic OH excluding ortho intramolecular Hbond substituents is 1. The van der Waals surface area contributed by atoms with Crippen molar-refractivity contribution < 1.29 is 38.5 Å². The second kappa shape index (κ2) is 8.47. The Morgan fingerprint density at radius 3 is 2.21 bits per heavy atom. The molecule has 1 fully saturated rings.